The lowest BCUT2D eigenvalue weighted by Gasteiger charge is -2.40. The van der Waals surface area contributed by atoms with Crippen LogP contribution in [-0.2, 0) is 9.59 Å². The Morgan fingerprint density at radius 3 is 2.36 bits per heavy atom. The zero-order chi connectivity index (χ0) is 16.3. The molecule has 0 spiro atoms. The van der Waals surface area contributed by atoms with Crippen molar-refractivity contribution in [2.45, 2.75) is 39.7 Å². The molecule has 4 nitrogen and oxygen atoms in total. The minimum absolute atomic E-state index is 0.120. The molecule has 1 aliphatic rings. The number of nitrogens with zero attached hydrogens (tertiary/aromatic N) is 2. The maximum absolute atomic E-state index is 12.9. The molecule has 0 bridgehead atoms. The van der Waals surface area contributed by atoms with Crippen molar-refractivity contribution in [3.63, 3.8) is 0 Å². The third kappa shape index (κ3) is 3.16. The van der Waals surface area contributed by atoms with Gasteiger partial charge in [0.15, 0.2) is 0 Å². The summed E-state index contributed by atoms with van der Waals surface area (Å²) >= 11 is 0. The standard InChI is InChI=1S/C18H26N2O2/c1-5-20(6-2)18(22)15-11-12-16(21)19(4)17(15)14-9-7-13(3)8-10-14/h7-10,15,17H,5-6,11-12H2,1-4H3/t15-,17-/m0/s1. The number of hydrogen-bond donors (Lipinski definition) is 0. The van der Waals surface area contributed by atoms with Crippen molar-refractivity contribution < 1.29 is 9.59 Å². The minimum Gasteiger partial charge on any atom is -0.343 e. The molecule has 1 heterocycles. The normalized spacial score (nSPS) is 21.8. The van der Waals surface area contributed by atoms with Gasteiger partial charge in [0, 0.05) is 26.6 Å². The maximum atomic E-state index is 12.9. The molecule has 22 heavy (non-hydrogen) atoms. The lowest BCUT2D eigenvalue weighted by atomic mass is 9.83. The van der Waals surface area contributed by atoms with Gasteiger partial charge in [-0.05, 0) is 32.8 Å². The molecule has 0 unspecified atom stereocenters. The third-order valence-electron chi connectivity index (χ3n) is 4.67. The monoisotopic (exact) mass is 302 g/mol. The first-order valence-corrected chi connectivity index (χ1v) is 8.10. The largest absolute Gasteiger partial charge is 0.343 e. The fourth-order valence-electron chi connectivity index (χ4n) is 3.29. The van der Waals surface area contributed by atoms with Crippen LogP contribution in [0.3, 0.4) is 0 Å². The Kier molecular flexibility index (Phi) is 5.22. The fraction of sp³-hybridized carbons (Fsp3) is 0.556. The van der Waals surface area contributed by atoms with Crippen LogP contribution in [0.5, 0.6) is 0 Å². The molecular weight excluding hydrogens is 276 g/mol. The first-order chi connectivity index (χ1) is 10.5. The Bertz CT molecular complexity index is 535. The van der Waals surface area contributed by atoms with E-state index in [4.69, 9.17) is 0 Å². The van der Waals surface area contributed by atoms with Gasteiger partial charge in [0.25, 0.3) is 0 Å². The average Bonchev–Trinajstić information content (AvgIpc) is 2.52. The van der Waals surface area contributed by atoms with E-state index in [-0.39, 0.29) is 23.8 Å². The Morgan fingerprint density at radius 1 is 1.23 bits per heavy atom. The summed E-state index contributed by atoms with van der Waals surface area (Å²) in [6, 6.07) is 8.01. The second-order valence-corrected chi connectivity index (χ2v) is 6.02. The number of aryl methyl sites for hydroxylation is 1. The Labute approximate surface area is 133 Å². The van der Waals surface area contributed by atoms with Crippen molar-refractivity contribution in [2.75, 3.05) is 20.1 Å². The average molecular weight is 302 g/mol. The second-order valence-electron chi connectivity index (χ2n) is 6.02. The van der Waals surface area contributed by atoms with Crippen molar-refractivity contribution in [1.29, 1.82) is 0 Å². The molecule has 4 heteroatoms. The molecule has 1 saturated heterocycles. The quantitative estimate of drug-likeness (QED) is 0.858. The number of amides is 2. The molecule has 0 radical (unpaired) electrons. The first kappa shape index (κ1) is 16.5. The first-order valence-electron chi connectivity index (χ1n) is 8.10. The molecular formula is C18H26N2O2. The lowest BCUT2D eigenvalue weighted by Crippen LogP contribution is -2.47. The molecule has 0 saturated carbocycles. The summed E-state index contributed by atoms with van der Waals surface area (Å²) in [5, 5.41) is 0. The summed E-state index contributed by atoms with van der Waals surface area (Å²) < 4.78 is 0. The molecule has 2 rings (SSSR count). The van der Waals surface area contributed by atoms with Crippen molar-refractivity contribution in [3.8, 4) is 0 Å². The van der Waals surface area contributed by atoms with Crippen LogP contribution in [0.15, 0.2) is 24.3 Å². The molecule has 0 N–H and O–H groups in total. The van der Waals surface area contributed by atoms with Crippen LogP contribution in [-0.4, -0.2) is 41.8 Å². The van der Waals surface area contributed by atoms with Crippen molar-refractivity contribution >= 4 is 11.8 Å². The lowest BCUT2D eigenvalue weighted by molar-refractivity contribution is -0.146. The van der Waals surface area contributed by atoms with E-state index in [0.29, 0.717) is 25.9 Å². The molecule has 2 atom stereocenters. The van der Waals surface area contributed by atoms with E-state index in [9.17, 15) is 9.59 Å². The number of hydrogen-bond acceptors (Lipinski definition) is 2. The van der Waals surface area contributed by atoms with E-state index in [1.165, 1.54) is 5.56 Å². The van der Waals surface area contributed by atoms with E-state index < -0.39 is 0 Å². The molecule has 1 aromatic carbocycles. The third-order valence-corrected chi connectivity index (χ3v) is 4.67. The minimum atomic E-state index is -0.157. The van der Waals surface area contributed by atoms with E-state index in [1.54, 1.807) is 4.90 Å². The molecule has 2 amide bonds. The van der Waals surface area contributed by atoms with Crippen molar-refractivity contribution in [1.82, 2.24) is 9.80 Å². The van der Waals surface area contributed by atoms with Gasteiger partial charge < -0.3 is 9.80 Å². The Hall–Kier alpha value is -1.84. The zero-order valence-corrected chi connectivity index (χ0v) is 14.0. The van der Waals surface area contributed by atoms with Gasteiger partial charge in [-0.25, -0.2) is 0 Å². The number of carbonyl (C=O) groups excluding carboxylic acids is 2. The molecule has 0 aromatic heterocycles. The summed E-state index contributed by atoms with van der Waals surface area (Å²) in [5.41, 5.74) is 2.23. The number of rotatable bonds is 4. The van der Waals surface area contributed by atoms with E-state index in [1.807, 2.05) is 57.0 Å². The summed E-state index contributed by atoms with van der Waals surface area (Å²) in [5.74, 6) is 0.134. The summed E-state index contributed by atoms with van der Waals surface area (Å²) in [4.78, 5) is 28.6. The molecule has 1 aromatic rings. The highest BCUT2D eigenvalue weighted by Gasteiger charge is 2.39. The summed E-state index contributed by atoms with van der Waals surface area (Å²) in [6.07, 6.45) is 1.09. The van der Waals surface area contributed by atoms with Gasteiger partial charge in [-0.2, -0.15) is 0 Å². The highest BCUT2D eigenvalue weighted by atomic mass is 16.2. The summed E-state index contributed by atoms with van der Waals surface area (Å²) in [6.45, 7) is 7.46. The van der Waals surface area contributed by atoms with Gasteiger partial charge in [-0.3, -0.25) is 9.59 Å². The van der Waals surface area contributed by atoms with Crippen molar-refractivity contribution in [2.24, 2.45) is 5.92 Å². The number of piperidine rings is 1. The second kappa shape index (κ2) is 6.95. The van der Waals surface area contributed by atoms with Gasteiger partial charge in [-0.1, -0.05) is 29.8 Å². The molecule has 1 fully saturated rings. The van der Waals surface area contributed by atoms with Crippen LogP contribution >= 0.6 is 0 Å². The fourth-order valence-corrected chi connectivity index (χ4v) is 3.29. The smallest absolute Gasteiger partial charge is 0.228 e. The van der Waals surface area contributed by atoms with Gasteiger partial charge in [0.05, 0.1) is 12.0 Å². The molecule has 120 valence electrons. The van der Waals surface area contributed by atoms with E-state index >= 15 is 0 Å². The number of carbonyl (C=O) groups is 2. The highest BCUT2D eigenvalue weighted by molar-refractivity contribution is 5.85. The number of benzene rings is 1. The van der Waals surface area contributed by atoms with E-state index in [0.717, 1.165) is 5.56 Å². The predicted octanol–water partition coefficient (Wildman–Crippen LogP) is 2.77. The summed E-state index contributed by atoms with van der Waals surface area (Å²) in [7, 11) is 1.81. The topological polar surface area (TPSA) is 40.6 Å². The van der Waals surface area contributed by atoms with Gasteiger partial charge in [-0.15, -0.1) is 0 Å². The van der Waals surface area contributed by atoms with Gasteiger partial charge in [0.1, 0.15) is 0 Å². The Balaban J connectivity index is 2.35. The highest BCUT2D eigenvalue weighted by Crippen LogP contribution is 2.36. The van der Waals surface area contributed by atoms with Crippen LogP contribution in [0.4, 0.5) is 0 Å². The van der Waals surface area contributed by atoms with Crippen LogP contribution in [0.1, 0.15) is 43.9 Å². The molecule has 0 aliphatic carbocycles. The van der Waals surface area contributed by atoms with Crippen molar-refractivity contribution in [3.05, 3.63) is 35.4 Å². The van der Waals surface area contributed by atoms with E-state index in [2.05, 4.69) is 0 Å². The maximum Gasteiger partial charge on any atom is 0.228 e. The molecule has 1 aliphatic heterocycles. The van der Waals surface area contributed by atoms with Gasteiger partial charge >= 0.3 is 0 Å². The van der Waals surface area contributed by atoms with Crippen LogP contribution < -0.4 is 0 Å². The SMILES string of the molecule is CCN(CC)C(=O)[C@H]1CCC(=O)N(C)[C@H]1c1ccc(C)cc1. The van der Waals surface area contributed by atoms with Gasteiger partial charge in [0.2, 0.25) is 11.8 Å². The number of likely N-dealkylation sites (tertiary alicyclic amines) is 1. The van der Waals surface area contributed by atoms with Crippen LogP contribution in [0.25, 0.3) is 0 Å². The zero-order valence-electron chi connectivity index (χ0n) is 14.0. The van der Waals surface area contributed by atoms with Crippen LogP contribution in [0.2, 0.25) is 0 Å². The predicted molar refractivity (Wildman–Crippen MR) is 87.3 cm³/mol. The van der Waals surface area contributed by atoms with Crippen LogP contribution in [0, 0.1) is 12.8 Å². The Morgan fingerprint density at radius 2 is 1.82 bits per heavy atom.